The minimum Gasteiger partial charge on any atom is -0.465 e. The summed E-state index contributed by atoms with van der Waals surface area (Å²) in [5, 5.41) is 0.908. The van der Waals surface area contributed by atoms with Crippen molar-refractivity contribution in [2.45, 2.75) is 38.1 Å². The highest BCUT2D eigenvalue weighted by atomic mass is 32.1. The Morgan fingerprint density at radius 1 is 1.16 bits per heavy atom. The lowest BCUT2D eigenvalue weighted by atomic mass is 9.95. The lowest BCUT2D eigenvalue weighted by Crippen LogP contribution is -2.44. The first-order valence-electron chi connectivity index (χ1n) is 11.5. The van der Waals surface area contributed by atoms with E-state index >= 15 is 0 Å². The maximum Gasteiger partial charge on any atom is 0.343 e. The Balaban J connectivity index is 1.53. The van der Waals surface area contributed by atoms with Gasteiger partial charge in [-0.15, -0.1) is 11.3 Å². The summed E-state index contributed by atoms with van der Waals surface area (Å²) in [4.78, 5) is 22.8. The lowest BCUT2D eigenvalue weighted by Gasteiger charge is -2.33. The molecular weight excluding hydrogens is 422 g/mol. The van der Waals surface area contributed by atoms with Crippen LogP contribution in [0.25, 0.3) is 21.5 Å². The Labute approximate surface area is 192 Å². The number of piperazine rings is 1. The van der Waals surface area contributed by atoms with E-state index < -0.39 is 0 Å². The summed E-state index contributed by atoms with van der Waals surface area (Å²) >= 11 is 1.58. The van der Waals surface area contributed by atoms with Crippen LogP contribution in [-0.2, 0) is 4.74 Å². The first-order chi connectivity index (χ1) is 15.6. The van der Waals surface area contributed by atoms with E-state index in [2.05, 4.69) is 39.6 Å². The van der Waals surface area contributed by atoms with Gasteiger partial charge in [0.25, 0.3) is 0 Å². The van der Waals surface area contributed by atoms with E-state index in [4.69, 9.17) is 15.5 Å². The molecule has 2 aliphatic rings. The van der Waals surface area contributed by atoms with Crippen molar-refractivity contribution in [2.75, 3.05) is 51.0 Å². The van der Waals surface area contributed by atoms with Gasteiger partial charge in [-0.2, -0.15) is 0 Å². The fourth-order valence-corrected chi connectivity index (χ4v) is 6.26. The summed E-state index contributed by atoms with van der Waals surface area (Å²) in [5.41, 5.74) is 10.7. The first-order valence-corrected chi connectivity index (χ1v) is 12.3. The number of thiophene rings is 1. The summed E-state index contributed by atoms with van der Waals surface area (Å²) in [7, 11) is 3.53. The fraction of sp³-hybridized carbons (Fsp3) is 0.500. The van der Waals surface area contributed by atoms with Gasteiger partial charge in [-0.3, -0.25) is 0 Å². The van der Waals surface area contributed by atoms with Crippen LogP contribution in [0.4, 0.5) is 10.7 Å². The number of rotatable bonds is 4. The van der Waals surface area contributed by atoms with Gasteiger partial charge >= 0.3 is 5.97 Å². The number of esters is 1. The zero-order chi connectivity index (χ0) is 22.2. The molecule has 1 aromatic carbocycles. The number of ether oxygens (including phenoxy) is 1. The molecule has 0 unspecified atom stereocenters. The number of hydrogen-bond donors (Lipinski definition) is 1. The Morgan fingerprint density at radius 2 is 1.91 bits per heavy atom. The topological polar surface area (TPSA) is 76.6 Å². The molecule has 1 saturated carbocycles. The van der Waals surface area contributed by atoms with Crippen molar-refractivity contribution in [1.82, 2.24) is 14.5 Å². The quantitative estimate of drug-likeness (QED) is 0.591. The number of methoxy groups -OCH3 is 1. The fourth-order valence-electron chi connectivity index (χ4n) is 5.00. The number of carbonyl (C=O) groups excluding carboxylic acids is 1. The van der Waals surface area contributed by atoms with Crippen LogP contribution in [0.2, 0.25) is 0 Å². The number of nitrogens with two attached hydrogens (primary N) is 1. The predicted octanol–water partition coefficient (Wildman–Crippen LogP) is 4.39. The number of nitrogen functional groups attached to an aromatic ring is 1. The van der Waals surface area contributed by atoms with Crippen molar-refractivity contribution in [1.29, 1.82) is 0 Å². The van der Waals surface area contributed by atoms with Crippen molar-refractivity contribution in [3.8, 4) is 10.4 Å². The summed E-state index contributed by atoms with van der Waals surface area (Å²) < 4.78 is 7.43. The molecular formula is C24H31N5O2S. The number of anilines is 2. The molecule has 2 fully saturated rings. The van der Waals surface area contributed by atoms with E-state index in [9.17, 15) is 4.79 Å². The zero-order valence-corrected chi connectivity index (χ0v) is 19.7. The molecule has 5 rings (SSSR count). The van der Waals surface area contributed by atoms with E-state index in [0.717, 1.165) is 47.1 Å². The lowest BCUT2D eigenvalue weighted by molar-refractivity contribution is 0.0603. The van der Waals surface area contributed by atoms with Gasteiger partial charge in [-0.1, -0.05) is 25.3 Å². The molecule has 32 heavy (non-hydrogen) atoms. The molecule has 2 N–H and O–H groups in total. The van der Waals surface area contributed by atoms with Crippen LogP contribution in [-0.4, -0.2) is 60.8 Å². The van der Waals surface area contributed by atoms with Crippen LogP contribution in [0, 0.1) is 0 Å². The van der Waals surface area contributed by atoms with Gasteiger partial charge in [0, 0.05) is 32.2 Å². The smallest absolute Gasteiger partial charge is 0.343 e. The Morgan fingerprint density at radius 3 is 2.62 bits per heavy atom. The Kier molecular flexibility index (Phi) is 5.82. The van der Waals surface area contributed by atoms with Crippen LogP contribution in [0.15, 0.2) is 24.5 Å². The van der Waals surface area contributed by atoms with Gasteiger partial charge < -0.3 is 24.8 Å². The number of nitrogens with zero attached hydrogens (tertiary/aromatic N) is 4. The third-order valence-corrected chi connectivity index (χ3v) is 8.23. The standard InChI is InChI=1S/C24H31N5O2S/c1-27-10-12-28(13-11-27)23-20(24(30)31-2)21(25)22(32-23)16-8-9-19-18(14-16)26-15-29(19)17-6-4-3-5-7-17/h8-9,14-15,17H,3-7,10-13,25H2,1-2H3. The van der Waals surface area contributed by atoms with Gasteiger partial charge in [0.2, 0.25) is 0 Å². The molecule has 3 aromatic rings. The maximum atomic E-state index is 12.6. The average molecular weight is 454 g/mol. The monoisotopic (exact) mass is 453 g/mol. The molecule has 7 nitrogen and oxygen atoms in total. The normalized spacial score (nSPS) is 18.4. The summed E-state index contributed by atoms with van der Waals surface area (Å²) in [6.07, 6.45) is 8.35. The molecule has 0 amide bonds. The zero-order valence-electron chi connectivity index (χ0n) is 18.8. The maximum absolute atomic E-state index is 12.6. The highest BCUT2D eigenvalue weighted by Gasteiger charge is 2.29. The van der Waals surface area contributed by atoms with Gasteiger partial charge in [-0.05, 0) is 37.6 Å². The Bertz CT molecular complexity index is 1120. The largest absolute Gasteiger partial charge is 0.465 e. The first kappa shape index (κ1) is 21.3. The van der Waals surface area contributed by atoms with E-state index in [1.807, 2.05) is 6.33 Å². The molecule has 1 aliphatic carbocycles. The van der Waals surface area contributed by atoms with Crippen LogP contribution < -0.4 is 10.6 Å². The second kappa shape index (κ2) is 8.75. The van der Waals surface area contributed by atoms with Gasteiger partial charge in [-0.25, -0.2) is 9.78 Å². The highest BCUT2D eigenvalue weighted by molar-refractivity contribution is 7.20. The van der Waals surface area contributed by atoms with E-state index in [1.165, 1.54) is 44.7 Å². The predicted molar refractivity (Wildman–Crippen MR) is 131 cm³/mol. The average Bonchev–Trinajstić information content (AvgIpc) is 3.40. The number of hydrogen-bond acceptors (Lipinski definition) is 7. The molecule has 1 saturated heterocycles. The number of benzene rings is 1. The second-order valence-corrected chi connectivity index (χ2v) is 9.95. The van der Waals surface area contributed by atoms with Crippen LogP contribution >= 0.6 is 11.3 Å². The summed E-state index contributed by atoms with van der Waals surface area (Å²) in [6, 6.07) is 6.91. The van der Waals surface area contributed by atoms with E-state index in [0.29, 0.717) is 17.3 Å². The summed E-state index contributed by atoms with van der Waals surface area (Å²) in [6.45, 7) is 3.64. The van der Waals surface area contributed by atoms with Gasteiger partial charge in [0.15, 0.2) is 0 Å². The molecule has 1 aliphatic heterocycles. The second-order valence-electron chi connectivity index (χ2n) is 8.95. The molecule has 0 atom stereocenters. The molecule has 8 heteroatoms. The number of fused-ring (bicyclic) bond motifs is 1. The summed E-state index contributed by atoms with van der Waals surface area (Å²) in [5.74, 6) is -0.374. The van der Waals surface area contributed by atoms with Crippen LogP contribution in [0.3, 0.4) is 0 Å². The van der Waals surface area contributed by atoms with Gasteiger partial charge in [0.05, 0.1) is 35.0 Å². The minimum absolute atomic E-state index is 0.374. The molecule has 170 valence electrons. The molecule has 0 bridgehead atoms. The van der Waals surface area contributed by atoms with Crippen molar-refractivity contribution in [3.63, 3.8) is 0 Å². The molecule has 0 radical (unpaired) electrons. The SMILES string of the molecule is COC(=O)c1c(N2CCN(C)CC2)sc(-c2ccc3c(c2)ncn3C2CCCCC2)c1N. The number of imidazole rings is 1. The van der Waals surface area contributed by atoms with E-state index in [1.54, 1.807) is 11.3 Å². The molecule has 3 heterocycles. The van der Waals surface area contributed by atoms with Crippen molar-refractivity contribution >= 4 is 39.0 Å². The van der Waals surface area contributed by atoms with Crippen molar-refractivity contribution < 1.29 is 9.53 Å². The third-order valence-electron chi connectivity index (χ3n) is 6.91. The van der Waals surface area contributed by atoms with E-state index in [-0.39, 0.29) is 5.97 Å². The number of carbonyl (C=O) groups is 1. The Hall–Kier alpha value is -2.58. The minimum atomic E-state index is -0.374. The van der Waals surface area contributed by atoms with Crippen LogP contribution in [0.1, 0.15) is 48.5 Å². The van der Waals surface area contributed by atoms with Gasteiger partial charge in [0.1, 0.15) is 10.6 Å². The third kappa shape index (κ3) is 3.75. The van der Waals surface area contributed by atoms with Crippen molar-refractivity contribution in [2.24, 2.45) is 0 Å². The number of aromatic nitrogens is 2. The molecule has 0 spiro atoms. The number of likely N-dealkylation sites (N-methyl/N-ethyl adjacent to an activating group) is 1. The molecule has 2 aromatic heterocycles. The van der Waals surface area contributed by atoms with Crippen LogP contribution in [0.5, 0.6) is 0 Å². The van der Waals surface area contributed by atoms with Crippen molar-refractivity contribution in [3.05, 3.63) is 30.1 Å². The highest BCUT2D eigenvalue weighted by Crippen LogP contribution is 2.45.